The van der Waals surface area contributed by atoms with Crippen molar-refractivity contribution < 1.29 is 14.6 Å². The standard InChI is InChI=1S/C20H25N3O3/c1-26-17-6-2-5-16(18(17)24)20(25)23-10-3-4-15(13-23)19-21-9-11-22(19)12-14-7-8-14/h2,5-6,9,11,14-15,24H,3-4,7-8,10,12-13H2,1H3/t15-/m0/s1. The molecule has 2 aromatic rings. The highest BCUT2D eigenvalue weighted by Gasteiger charge is 2.30. The van der Waals surface area contributed by atoms with Gasteiger partial charge in [-0.25, -0.2) is 4.98 Å². The first-order valence-electron chi connectivity index (χ1n) is 9.33. The fourth-order valence-electron chi connectivity index (χ4n) is 3.82. The van der Waals surface area contributed by atoms with Gasteiger partial charge in [-0.1, -0.05) is 6.07 Å². The third-order valence-electron chi connectivity index (χ3n) is 5.42. The molecular weight excluding hydrogens is 330 g/mol. The number of carbonyl (C=O) groups excluding carboxylic acids is 1. The highest BCUT2D eigenvalue weighted by atomic mass is 16.5. The van der Waals surface area contributed by atoms with E-state index in [9.17, 15) is 9.90 Å². The average Bonchev–Trinajstić information content (AvgIpc) is 3.36. The second kappa shape index (κ2) is 7.02. The lowest BCUT2D eigenvalue weighted by atomic mass is 9.96. The number of ether oxygens (including phenoxy) is 1. The van der Waals surface area contributed by atoms with Gasteiger partial charge in [0, 0.05) is 37.9 Å². The number of carbonyl (C=O) groups is 1. The molecule has 2 heterocycles. The number of benzene rings is 1. The zero-order valence-corrected chi connectivity index (χ0v) is 15.1. The van der Waals surface area contributed by atoms with Crippen LogP contribution < -0.4 is 4.74 Å². The number of hydrogen-bond donors (Lipinski definition) is 1. The molecule has 1 atom stereocenters. The minimum absolute atomic E-state index is 0.0858. The van der Waals surface area contributed by atoms with Gasteiger partial charge in [0.05, 0.1) is 12.7 Å². The molecule has 4 rings (SSSR count). The van der Waals surface area contributed by atoms with Crippen LogP contribution in [0.5, 0.6) is 11.5 Å². The van der Waals surface area contributed by atoms with Crippen LogP contribution in [0.1, 0.15) is 47.8 Å². The van der Waals surface area contributed by atoms with E-state index in [-0.39, 0.29) is 17.6 Å². The minimum atomic E-state index is -0.147. The molecule has 1 N–H and O–H groups in total. The molecule has 1 aromatic heterocycles. The van der Waals surface area contributed by atoms with E-state index in [0.717, 1.165) is 31.1 Å². The summed E-state index contributed by atoms with van der Waals surface area (Å²) in [6.07, 6.45) is 8.52. The lowest BCUT2D eigenvalue weighted by Gasteiger charge is -2.33. The van der Waals surface area contributed by atoms with Crippen molar-refractivity contribution in [2.75, 3.05) is 20.2 Å². The molecule has 1 aromatic carbocycles. The summed E-state index contributed by atoms with van der Waals surface area (Å²) in [5.41, 5.74) is 0.298. The molecule has 1 aliphatic carbocycles. The molecule has 26 heavy (non-hydrogen) atoms. The average molecular weight is 355 g/mol. The van der Waals surface area contributed by atoms with Crippen LogP contribution in [0.4, 0.5) is 0 Å². The maximum Gasteiger partial charge on any atom is 0.257 e. The predicted octanol–water partition coefficient (Wildman–Crippen LogP) is 3.03. The fraction of sp³-hybridized carbons (Fsp3) is 0.500. The highest BCUT2D eigenvalue weighted by Crippen LogP contribution is 2.34. The summed E-state index contributed by atoms with van der Waals surface area (Å²) in [5.74, 6) is 2.21. The van der Waals surface area contributed by atoms with Crippen LogP contribution in [0.3, 0.4) is 0 Å². The Morgan fingerprint density at radius 1 is 1.35 bits per heavy atom. The molecular formula is C20H25N3O3. The van der Waals surface area contributed by atoms with Crippen LogP contribution in [0.2, 0.25) is 0 Å². The molecule has 1 saturated heterocycles. The molecule has 1 aliphatic heterocycles. The van der Waals surface area contributed by atoms with E-state index in [1.165, 1.54) is 20.0 Å². The quantitative estimate of drug-likeness (QED) is 0.895. The lowest BCUT2D eigenvalue weighted by molar-refractivity contribution is 0.0699. The van der Waals surface area contributed by atoms with E-state index in [1.54, 1.807) is 18.2 Å². The van der Waals surface area contributed by atoms with Crippen molar-refractivity contribution in [2.24, 2.45) is 5.92 Å². The fourth-order valence-corrected chi connectivity index (χ4v) is 3.82. The van der Waals surface area contributed by atoms with Crippen LogP contribution >= 0.6 is 0 Å². The first-order chi connectivity index (χ1) is 12.7. The third kappa shape index (κ3) is 3.28. The summed E-state index contributed by atoms with van der Waals surface area (Å²) in [7, 11) is 1.49. The van der Waals surface area contributed by atoms with Gasteiger partial charge in [0.25, 0.3) is 5.91 Å². The van der Waals surface area contributed by atoms with Crippen molar-refractivity contribution in [3.8, 4) is 11.5 Å². The number of phenols is 1. The number of methoxy groups -OCH3 is 1. The lowest BCUT2D eigenvalue weighted by Crippen LogP contribution is -2.39. The van der Waals surface area contributed by atoms with Crippen LogP contribution in [0, 0.1) is 5.92 Å². The van der Waals surface area contributed by atoms with Gasteiger partial charge >= 0.3 is 0 Å². The molecule has 0 radical (unpaired) electrons. The summed E-state index contributed by atoms with van der Waals surface area (Å²) < 4.78 is 7.39. The van der Waals surface area contributed by atoms with Crippen molar-refractivity contribution in [2.45, 2.75) is 38.1 Å². The predicted molar refractivity (Wildman–Crippen MR) is 97.5 cm³/mol. The van der Waals surface area contributed by atoms with Gasteiger partial charge in [-0.3, -0.25) is 4.79 Å². The van der Waals surface area contributed by atoms with E-state index in [2.05, 4.69) is 15.7 Å². The van der Waals surface area contributed by atoms with Crippen LogP contribution in [0.15, 0.2) is 30.6 Å². The van der Waals surface area contributed by atoms with Gasteiger partial charge in [-0.15, -0.1) is 0 Å². The van der Waals surface area contributed by atoms with E-state index >= 15 is 0 Å². The number of likely N-dealkylation sites (tertiary alicyclic amines) is 1. The SMILES string of the molecule is COc1cccc(C(=O)N2CCC[C@H](c3nccn3CC3CC3)C2)c1O. The van der Waals surface area contributed by atoms with Crippen molar-refractivity contribution >= 4 is 5.91 Å². The molecule has 138 valence electrons. The van der Waals surface area contributed by atoms with Crippen LogP contribution in [-0.2, 0) is 6.54 Å². The Morgan fingerprint density at radius 2 is 2.19 bits per heavy atom. The van der Waals surface area contributed by atoms with E-state index in [0.29, 0.717) is 24.4 Å². The minimum Gasteiger partial charge on any atom is -0.504 e. The molecule has 0 spiro atoms. The summed E-state index contributed by atoms with van der Waals surface area (Å²) in [4.78, 5) is 19.4. The maximum absolute atomic E-state index is 13.0. The van der Waals surface area contributed by atoms with Crippen LogP contribution in [-0.4, -0.2) is 45.7 Å². The van der Waals surface area contributed by atoms with Gasteiger partial charge in [-0.05, 0) is 43.7 Å². The number of para-hydroxylation sites is 1. The summed E-state index contributed by atoms with van der Waals surface area (Å²) >= 11 is 0. The summed E-state index contributed by atoms with van der Waals surface area (Å²) in [5, 5.41) is 10.3. The number of nitrogens with zero attached hydrogens (tertiary/aromatic N) is 3. The van der Waals surface area contributed by atoms with Crippen molar-refractivity contribution in [3.63, 3.8) is 0 Å². The van der Waals surface area contributed by atoms with E-state index in [4.69, 9.17) is 4.74 Å². The Bertz CT molecular complexity index is 797. The molecule has 0 unspecified atom stereocenters. The molecule has 2 fully saturated rings. The molecule has 6 nitrogen and oxygen atoms in total. The van der Waals surface area contributed by atoms with E-state index < -0.39 is 0 Å². The topological polar surface area (TPSA) is 67.6 Å². The first kappa shape index (κ1) is 16.9. The van der Waals surface area contributed by atoms with Crippen molar-refractivity contribution in [3.05, 3.63) is 42.0 Å². The summed E-state index contributed by atoms with van der Waals surface area (Å²) in [6.45, 7) is 2.38. The van der Waals surface area contributed by atoms with Crippen LogP contribution in [0.25, 0.3) is 0 Å². The largest absolute Gasteiger partial charge is 0.504 e. The number of imidazole rings is 1. The second-order valence-electron chi connectivity index (χ2n) is 7.33. The zero-order valence-electron chi connectivity index (χ0n) is 15.1. The maximum atomic E-state index is 13.0. The third-order valence-corrected chi connectivity index (χ3v) is 5.42. The normalized spacial score (nSPS) is 20.2. The smallest absolute Gasteiger partial charge is 0.257 e. The van der Waals surface area contributed by atoms with Gasteiger partial charge in [-0.2, -0.15) is 0 Å². The monoisotopic (exact) mass is 355 g/mol. The van der Waals surface area contributed by atoms with E-state index in [1.807, 2.05) is 11.1 Å². The van der Waals surface area contributed by atoms with Gasteiger partial charge < -0.3 is 19.3 Å². The van der Waals surface area contributed by atoms with Gasteiger partial charge in [0.15, 0.2) is 11.5 Å². The number of piperidine rings is 1. The number of rotatable bonds is 5. The molecule has 6 heteroatoms. The number of amides is 1. The molecule has 1 saturated carbocycles. The number of aromatic nitrogens is 2. The summed E-state index contributed by atoms with van der Waals surface area (Å²) in [6, 6.07) is 5.03. The Hall–Kier alpha value is -2.50. The molecule has 0 bridgehead atoms. The molecule has 1 amide bonds. The molecule has 2 aliphatic rings. The van der Waals surface area contributed by atoms with Crippen molar-refractivity contribution in [1.82, 2.24) is 14.5 Å². The number of aromatic hydroxyl groups is 1. The Labute approximate surface area is 153 Å². The zero-order chi connectivity index (χ0) is 18.1. The highest BCUT2D eigenvalue weighted by molar-refractivity contribution is 5.97. The van der Waals surface area contributed by atoms with Crippen molar-refractivity contribution in [1.29, 1.82) is 0 Å². The number of phenolic OH excluding ortho intramolecular Hbond substituents is 1. The Kier molecular flexibility index (Phi) is 4.57. The van der Waals surface area contributed by atoms with Gasteiger partial charge in [0.1, 0.15) is 5.82 Å². The number of hydrogen-bond acceptors (Lipinski definition) is 4. The van der Waals surface area contributed by atoms with Gasteiger partial charge in [0.2, 0.25) is 0 Å². The first-order valence-corrected chi connectivity index (χ1v) is 9.33. The second-order valence-corrected chi connectivity index (χ2v) is 7.33. The Morgan fingerprint density at radius 3 is 2.96 bits per heavy atom. The Balaban J connectivity index is 1.52.